The van der Waals surface area contributed by atoms with Crippen LogP contribution in [0.3, 0.4) is 0 Å². The SMILES string of the molecule is COc1cc(/C=C(\C)C(=O)O)cc(Cl)c1OC. The fourth-order valence-electron chi connectivity index (χ4n) is 1.33. The number of hydrogen-bond donors (Lipinski definition) is 1. The van der Waals surface area contributed by atoms with Gasteiger partial charge in [0.15, 0.2) is 11.5 Å². The van der Waals surface area contributed by atoms with E-state index < -0.39 is 5.97 Å². The van der Waals surface area contributed by atoms with Crippen molar-refractivity contribution in [3.05, 3.63) is 28.3 Å². The molecule has 4 nitrogen and oxygen atoms in total. The zero-order valence-corrected chi connectivity index (χ0v) is 10.5. The van der Waals surface area contributed by atoms with Gasteiger partial charge in [-0.05, 0) is 30.7 Å². The van der Waals surface area contributed by atoms with E-state index in [4.69, 9.17) is 26.2 Å². The Morgan fingerprint density at radius 3 is 2.47 bits per heavy atom. The average Bonchev–Trinajstić information content (AvgIpc) is 2.27. The minimum atomic E-state index is -0.976. The highest BCUT2D eigenvalue weighted by Crippen LogP contribution is 2.36. The predicted molar refractivity (Wildman–Crippen MR) is 65.8 cm³/mol. The summed E-state index contributed by atoms with van der Waals surface area (Å²) in [5, 5.41) is 9.15. The molecule has 0 heterocycles. The van der Waals surface area contributed by atoms with Crippen molar-refractivity contribution in [2.24, 2.45) is 0 Å². The van der Waals surface area contributed by atoms with Gasteiger partial charge in [0.25, 0.3) is 0 Å². The second-order valence-corrected chi connectivity index (χ2v) is 3.78. The fourth-order valence-corrected chi connectivity index (χ4v) is 1.63. The molecule has 5 heteroatoms. The first-order valence-electron chi connectivity index (χ1n) is 4.82. The number of carbonyl (C=O) groups is 1. The van der Waals surface area contributed by atoms with Crippen molar-refractivity contribution in [3.63, 3.8) is 0 Å². The number of rotatable bonds is 4. The van der Waals surface area contributed by atoms with Crippen LogP contribution in [0.4, 0.5) is 0 Å². The first-order chi connectivity index (χ1) is 7.99. The van der Waals surface area contributed by atoms with E-state index in [0.29, 0.717) is 22.1 Å². The van der Waals surface area contributed by atoms with E-state index in [1.165, 1.54) is 27.2 Å². The number of carboxylic acid groups (broad SMARTS) is 1. The van der Waals surface area contributed by atoms with Crippen LogP contribution in [0.15, 0.2) is 17.7 Å². The molecule has 17 heavy (non-hydrogen) atoms. The van der Waals surface area contributed by atoms with Crippen LogP contribution in [0.2, 0.25) is 5.02 Å². The van der Waals surface area contributed by atoms with Crippen LogP contribution >= 0.6 is 11.6 Å². The van der Waals surface area contributed by atoms with Crippen molar-refractivity contribution in [1.82, 2.24) is 0 Å². The molecule has 0 spiro atoms. The molecule has 0 aromatic heterocycles. The molecule has 1 rings (SSSR count). The normalized spacial score (nSPS) is 11.2. The smallest absolute Gasteiger partial charge is 0.331 e. The Labute approximate surface area is 104 Å². The van der Waals surface area contributed by atoms with Crippen LogP contribution in [0.5, 0.6) is 11.5 Å². The molecular formula is C12H13ClO4. The number of ether oxygens (including phenoxy) is 2. The Morgan fingerprint density at radius 2 is 2.00 bits per heavy atom. The second-order valence-electron chi connectivity index (χ2n) is 3.37. The Kier molecular flexibility index (Phi) is 4.40. The largest absolute Gasteiger partial charge is 0.493 e. The highest BCUT2D eigenvalue weighted by Gasteiger charge is 2.10. The lowest BCUT2D eigenvalue weighted by Crippen LogP contribution is -1.96. The Bertz CT molecular complexity index is 466. The van der Waals surface area contributed by atoms with E-state index in [0.717, 1.165) is 0 Å². The first-order valence-corrected chi connectivity index (χ1v) is 5.20. The number of benzene rings is 1. The third-order valence-electron chi connectivity index (χ3n) is 2.18. The van der Waals surface area contributed by atoms with Gasteiger partial charge in [0.05, 0.1) is 19.2 Å². The molecule has 0 atom stereocenters. The number of hydrogen-bond acceptors (Lipinski definition) is 3. The van der Waals surface area contributed by atoms with Crippen molar-refractivity contribution in [3.8, 4) is 11.5 Å². The van der Waals surface area contributed by atoms with E-state index in [2.05, 4.69) is 0 Å². The molecule has 0 aliphatic rings. The molecule has 92 valence electrons. The van der Waals surface area contributed by atoms with Gasteiger partial charge >= 0.3 is 5.97 Å². The summed E-state index contributed by atoms with van der Waals surface area (Å²) in [6.07, 6.45) is 1.51. The predicted octanol–water partition coefficient (Wildman–Crippen LogP) is 2.85. The van der Waals surface area contributed by atoms with Crippen LogP contribution in [0, 0.1) is 0 Å². The van der Waals surface area contributed by atoms with Crippen LogP contribution in [0.25, 0.3) is 6.08 Å². The standard InChI is InChI=1S/C12H13ClO4/c1-7(12(14)15)4-8-5-9(13)11(17-3)10(6-8)16-2/h4-6H,1-3H3,(H,14,15)/b7-4+. The van der Waals surface area contributed by atoms with E-state index in [1.807, 2.05) is 0 Å². The molecule has 0 saturated heterocycles. The van der Waals surface area contributed by atoms with Crippen LogP contribution in [-0.4, -0.2) is 25.3 Å². The lowest BCUT2D eigenvalue weighted by Gasteiger charge is -2.10. The summed E-state index contributed by atoms with van der Waals surface area (Å²) in [6.45, 7) is 1.51. The van der Waals surface area contributed by atoms with Gasteiger partial charge in [-0.2, -0.15) is 0 Å². The average molecular weight is 257 g/mol. The van der Waals surface area contributed by atoms with E-state index in [-0.39, 0.29) is 5.57 Å². The summed E-state index contributed by atoms with van der Waals surface area (Å²) in [7, 11) is 2.98. The van der Waals surface area contributed by atoms with E-state index in [9.17, 15) is 4.79 Å². The number of halogens is 1. The molecule has 0 aliphatic heterocycles. The summed E-state index contributed by atoms with van der Waals surface area (Å²) in [4.78, 5) is 10.7. The summed E-state index contributed by atoms with van der Waals surface area (Å²) in [5.74, 6) is -0.0837. The van der Waals surface area contributed by atoms with E-state index in [1.54, 1.807) is 12.1 Å². The van der Waals surface area contributed by atoms with Gasteiger partial charge in [-0.15, -0.1) is 0 Å². The van der Waals surface area contributed by atoms with Crippen molar-refractivity contribution >= 4 is 23.6 Å². The van der Waals surface area contributed by atoms with Crippen LogP contribution < -0.4 is 9.47 Å². The quantitative estimate of drug-likeness (QED) is 0.842. The third kappa shape index (κ3) is 3.14. The lowest BCUT2D eigenvalue weighted by atomic mass is 10.1. The van der Waals surface area contributed by atoms with Gasteiger partial charge in [0, 0.05) is 5.57 Å². The van der Waals surface area contributed by atoms with Gasteiger partial charge < -0.3 is 14.6 Å². The summed E-state index contributed by atoms with van der Waals surface area (Å²) < 4.78 is 10.2. The molecule has 0 bridgehead atoms. The maximum atomic E-state index is 10.7. The number of aliphatic carboxylic acids is 1. The topological polar surface area (TPSA) is 55.8 Å². The Morgan fingerprint density at radius 1 is 1.35 bits per heavy atom. The molecule has 0 aliphatic carbocycles. The Balaban J connectivity index is 3.25. The minimum Gasteiger partial charge on any atom is -0.493 e. The van der Waals surface area contributed by atoms with Gasteiger partial charge in [-0.1, -0.05) is 11.6 Å². The molecule has 1 aromatic carbocycles. The monoisotopic (exact) mass is 256 g/mol. The van der Waals surface area contributed by atoms with Crippen molar-refractivity contribution in [2.45, 2.75) is 6.92 Å². The van der Waals surface area contributed by atoms with Crippen molar-refractivity contribution < 1.29 is 19.4 Å². The van der Waals surface area contributed by atoms with Gasteiger partial charge in [-0.25, -0.2) is 4.79 Å². The molecular weight excluding hydrogens is 244 g/mol. The summed E-state index contributed by atoms with van der Waals surface area (Å²) >= 11 is 5.99. The maximum Gasteiger partial charge on any atom is 0.331 e. The molecule has 0 amide bonds. The second kappa shape index (κ2) is 5.59. The molecule has 1 N–H and O–H groups in total. The highest BCUT2D eigenvalue weighted by atomic mass is 35.5. The zero-order chi connectivity index (χ0) is 13.0. The third-order valence-corrected chi connectivity index (χ3v) is 2.46. The first kappa shape index (κ1) is 13.4. The van der Waals surface area contributed by atoms with Crippen LogP contribution in [-0.2, 0) is 4.79 Å². The molecule has 0 radical (unpaired) electrons. The summed E-state index contributed by atoms with van der Waals surface area (Å²) in [6, 6.07) is 3.28. The molecule has 1 aromatic rings. The number of methoxy groups -OCH3 is 2. The lowest BCUT2D eigenvalue weighted by molar-refractivity contribution is -0.132. The highest BCUT2D eigenvalue weighted by molar-refractivity contribution is 6.32. The fraction of sp³-hybridized carbons (Fsp3) is 0.250. The maximum absolute atomic E-state index is 10.7. The number of carboxylic acids is 1. The van der Waals surface area contributed by atoms with Gasteiger partial charge in [0.2, 0.25) is 0 Å². The zero-order valence-electron chi connectivity index (χ0n) is 9.78. The summed E-state index contributed by atoms with van der Waals surface area (Å²) in [5.41, 5.74) is 0.862. The van der Waals surface area contributed by atoms with Gasteiger partial charge in [0.1, 0.15) is 0 Å². The molecule has 0 fully saturated rings. The van der Waals surface area contributed by atoms with Crippen LogP contribution in [0.1, 0.15) is 12.5 Å². The van der Waals surface area contributed by atoms with E-state index >= 15 is 0 Å². The Hall–Kier alpha value is -1.68. The van der Waals surface area contributed by atoms with Crippen molar-refractivity contribution in [1.29, 1.82) is 0 Å². The molecule has 0 unspecified atom stereocenters. The minimum absolute atomic E-state index is 0.216. The van der Waals surface area contributed by atoms with Crippen molar-refractivity contribution in [2.75, 3.05) is 14.2 Å². The van der Waals surface area contributed by atoms with Gasteiger partial charge in [-0.3, -0.25) is 0 Å². The molecule has 0 saturated carbocycles.